The molecule has 7 heteroatoms. The maximum atomic E-state index is 12.0. The fraction of sp³-hybridized carbons (Fsp3) is 0.846. The minimum absolute atomic E-state index is 0.0378. The first-order valence-corrected chi connectivity index (χ1v) is 6.80. The van der Waals surface area contributed by atoms with Gasteiger partial charge in [-0.1, -0.05) is 0 Å². The van der Waals surface area contributed by atoms with Gasteiger partial charge in [-0.15, -0.1) is 0 Å². The SMILES string of the molecule is CC(C)(C)OC(=O)NC(CCO)C(=O)NC1CCOC1. The van der Waals surface area contributed by atoms with Crippen molar-refractivity contribution in [2.24, 2.45) is 0 Å². The number of carbonyl (C=O) groups is 2. The highest BCUT2D eigenvalue weighted by Gasteiger charge is 2.26. The van der Waals surface area contributed by atoms with Crippen LogP contribution < -0.4 is 10.6 Å². The van der Waals surface area contributed by atoms with E-state index >= 15 is 0 Å². The first-order chi connectivity index (χ1) is 9.31. The standard InChI is InChI=1S/C13H24N2O5/c1-13(2,3)20-12(18)15-10(4-6-16)11(17)14-9-5-7-19-8-9/h9-10,16H,4-8H2,1-3H3,(H,14,17)(H,15,18). The lowest BCUT2D eigenvalue weighted by atomic mass is 10.1. The summed E-state index contributed by atoms with van der Waals surface area (Å²) in [6, 6.07) is -0.848. The molecule has 1 aliphatic heterocycles. The van der Waals surface area contributed by atoms with Gasteiger partial charge in [0.05, 0.1) is 12.6 Å². The first kappa shape index (κ1) is 16.7. The maximum absolute atomic E-state index is 12.0. The zero-order valence-corrected chi connectivity index (χ0v) is 12.3. The Hall–Kier alpha value is -1.34. The molecule has 2 unspecified atom stereocenters. The molecule has 0 aromatic heterocycles. The highest BCUT2D eigenvalue weighted by atomic mass is 16.6. The summed E-state index contributed by atoms with van der Waals surface area (Å²) in [5, 5.41) is 14.3. The lowest BCUT2D eigenvalue weighted by Gasteiger charge is -2.23. The summed E-state index contributed by atoms with van der Waals surface area (Å²) < 4.78 is 10.3. The number of aliphatic hydroxyl groups excluding tert-OH is 1. The topological polar surface area (TPSA) is 96.9 Å². The molecule has 1 rings (SSSR count). The van der Waals surface area contributed by atoms with E-state index in [9.17, 15) is 9.59 Å². The number of amides is 2. The third-order valence-corrected chi connectivity index (χ3v) is 2.70. The van der Waals surface area contributed by atoms with Crippen LogP contribution in [0.1, 0.15) is 33.6 Å². The molecule has 0 saturated carbocycles. The van der Waals surface area contributed by atoms with Gasteiger partial charge in [-0.25, -0.2) is 4.79 Å². The molecule has 116 valence electrons. The second-order valence-electron chi connectivity index (χ2n) is 5.78. The Bertz CT molecular complexity index is 334. The van der Waals surface area contributed by atoms with Crippen molar-refractivity contribution in [3.8, 4) is 0 Å². The van der Waals surface area contributed by atoms with Gasteiger partial charge >= 0.3 is 6.09 Å². The van der Waals surface area contributed by atoms with Gasteiger partial charge in [-0.05, 0) is 33.6 Å². The average Bonchev–Trinajstić information content (AvgIpc) is 2.78. The minimum atomic E-state index is -0.810. The molecule has 1 fully saturated rings. The molecule has 1 heterocycles. The zero-order valence-electron chi connectivity index (χ0n) is 12.3. The number of ether oxygens (including phenoxy) is 2. The molecular formula is C13H24N2O5. The number of rotatable bonds is 5. The lowest BCUT2D eigenvalue weighted by Crippen LogP contribution is -2.51. The van der Waals surface area contributed by atoms with Crippen LogP contribution in [0.2, 0.25) is 0 Å². The van der Waals surface area contributed by atoms with Gasteiger partial charge in [-0.3, -0.25) is 4.79 Å². The Morgan fingerprint density at radius 2 is 2.15 bits per heavy atom. The van der Waals surface area contributed by atoms with Gasteiger partial charge in [0.2, 0.25) is 5.91 Å². The van der Waals surface area contributed by atoms with Crippen molar-refractivity contribution in [1.82, 2.24) is 10.6 Å². The Kier molecular flexibility index (Phi) is 6.22. The van der Waals surface area contributed by atoms with Gasteiger partial charge in [-0.2, -0.15) is 0 Å². The maximum Gasteiger partial charge on any atom is 0.408 e. The number of hydrogen-bond donors (Lipinski definition) is 3. The van der Waals surface area contributed by atoms with Crippen molar-refractivity contribution in [2.75, 3.05) is 19.8 Å². The Balaban J connectivity index is 2.49. The minimum Gasteiger partial charge on any atom is -0.444 e. The molecule has 0 radical (unpaired) electrons. The van der Waals surface area contributed by atoms with Crippen LogP contribution in [0.3, 0.4) is 0 Å². The van der Waals surface area contributed by atoms with E-state index in [1.165, 1.54) is 0 Å². The van der Waals surface area contributed by atoms with E-state index in [0.717, 1.165) is 6.42 Å². The van der Waals surface area contributed by atoms with Crippen LogP contribution in [-0.4, -0.2) is 54.6 Å². The first-order valence-electron chi connectivity index (χ1n) is 6.80. The summed E-state index contributed by atoms with van der Waals surface area (Å²) in [4.78, 5) is 23.7. The predicted octanol–water partition coefficient (Wildman–Crippen LogP) is 0.167. The molecule has 0 aromatic rings. The van der Waals surface area contributed by atoms with Crippen molar-refractivity contribution >= 4 is 12.0 Å². The van der Waals surface area contributed by atoms with Crippen LogP contribution in [0.25, 0.3) is 0 Å². The van der Waals surface area contributed by atoms with E-state index in [1.807, 2.05) is 0 Å². The van der Waals surface area contributed by atoms with E-state index < -0.39 is 17.7 Å². The fourth-order valence-electron chi connectivity index (χ4n) is 1.80. The van der Waals surface area contributed by atoms with Crippen molar-refractivity contribution in [3.63, 3.8) is 0 Å². The quantitative estimate of drug-likeness (QED) is 0.670. The molecule has 3 N–H and O–H groups in total. The summed E-state index contributed by atoms with van der Waals surface area (Å²) in [7, 11) is 0. The molecule has 1 saturated heterocycles. The van der Waals surface area contributed by atoms with E-state index in [0.29, 0.717) is 13.2 Å². The summed E-state index contributed by atoms with van der Waals surface area (Å²) in [6.07, 6.45) is 0.219. The fourth-order valence-corrected chi connectivity index (χ4v) is 1.80. The van der Waals surface area contributed by atoms with Gasteiger partial charge in [0, 0.05) is 13.2 Å². The second-order valence-corrected chi connectivity index (χ2v) is 5.78. The molecule has 2 amide bonds. The smallest absolute Gasteiger partial charge is 0.408 e. The zero-order chi connectivity index (χ0) is 15.2. The highest BCUT2D eigenvalue weighted by Crippen LogP contribution is 2.08. The highest BCUT2D eigenvalue weighted by molar-refractivity contribution is 5.85. The van der Waals surface area contributed by atoms with Crippen molar-refractivity contribution in [1.29, 1.82) is 0 Å². The van der Waals surface area contributed by atoms with Crippen LogP contribution in [0, 0.1) is 0 Å². The molecule has 0 spiro atoms. The molecular weight excluding hydrogens is 264 g/mol. The number of aliphatic hydroxyl groups is 1. The molecule has 20 heavy (non-hydrogen) atoms. The van der Waals surface area contributed by atoms with E-state index in [4.69, 9.17) is 14.6 Å². The second kappa shape index (κ2) is 7.44. The summed E-state index contributed by atoms with van der Waals surface area (Å²) in [5.41, 5.74) is -0.635. The molecule has 7 nitrogen and oxygen atoms in total. The Labute approximate surface area is 119 Å². The van der Waals surface area contributed by atoms with Crippen LogP contribution in [0.4, 0.5) is 4.79 Å². The van der Waals surface area contributed by atoms with Crippen LogP contribution >= 0.6 is 0 Å². The van der Waals surface area contributed by atoms with E-state index in [2.05, 4.69) is 10.6 Å². The van der Waals surface area contributed by atoms with Crippen LogP contribution in [0.5, 0.6) is 0 Å². The normalized spacial score (nSPS) is 20.3. The van der Waals surface area contributed by atoms with E-state index in [1.54, 1.807) is 20.8 Å². The van der Waals surface area contributed by atoms with Crippen LogP contribution in [-0.2, 0) is 14.3 Å². The van der Waals surface area contributed by atoms with Gasteiger partial charge < -0.3 is 25.2 Å². The molecule has 1 aliphatic rings. The summed E-state index contributed by atoms with van der Waals surface area (Å²) >= 11 is 0. The van der Waals surface area contributed by atoms with Crippen molar-refractivity contribution in [2.45, 2.75) is 51.3 Å². The van der Waals surface area contributed by atoms with Gasteiger partial charge in [0.1, 0.15) is 11.6 Å². The molecule has 0 bridgehead atoms. The molecule has 0 aliphatic carbocycles. The number of carbonyl (C=O) groups excluding carboxylic acids is 2. The average molecular weight is 288 g/mol. The van der Waals surface area contributed by atoms with Crippen molar-refractivity contribution < 1.29 is 24.2 Å². The summed E-state index contributed by atoms with van der Waals surface area (Å²) in [6.45, 7) is 6.12. The van der Waals surface area contributed by atoms with Crippen molar-refractivity contribution in [3.05, 3.63) is 0 Å². The third-order valence-electron chi connectivity index (χ3n) is 2.70. The largest absolute Gasteiger partial charge is 0.444 e. The molecule has 0 aromatic carbocycles. The Morgan fingerprint density at radius 3 is 2.65 bits per heavy atom. The number of alkyl carbamates (subject to hydrolysis) is 1. The predicted molar refractivity (Wildman–Crippen MR) is 72.2 cm³/mol. The monoisotopic (exact) mass is 288 g/mol. The lowest BCUT2D eigenvalue weighted by molar-refractivity contribution is -0.124. The third kappa shape index (κ3) is 6.21. The number of hydrogen-bond acceptors (Lipinski definition) is 5. The Morgan fingerprint density at radius 1 is 1.45 bits per heavy atom. The summed E-state index contributed by atoms with van der Waals surface area (Å²) in [5.74, 6) is -0.333. The van der Waals surface area contributed by atoms with E-state index in [-0.39, 0.29) is 25.0 Å². The van der Waals surface area contributed by atoms with Crippen LogP contribution in [0.15, 0.2) is 0 Å². The molecule has 2 atom stereocenters. The van der Waals surface area contributed by atoms with Gasteiger partial charge in [0.25, 0.3) is 0 Å². The number of nitrogens with one attached hydrogen (secondary N) is 2. The van der Waals surface area contributed by atoms with Gasteiger partial charge in [0.15, 0.2) is 0 Å².